The number of rotatable bonds is 9. The minimum absolute atomic E-state index is 0.0371. The molecular weight excluding hydrogens is 521 g/mol. The van der Waals surface area contributed by atoms with Gasteiger partial charge in [0.2, 0.25) is 5.91 Å². The van der Waals surface area contributed by atoms with Crippen LogP contribution in [0.25, 0.3) is 0 Å². The van der Waals surface area contributed by atoms with E-state index >= 15 is 0 Å². The fraction of sp³-hybridized carbons (Fsp3) is 0.455. The molecule has 3 aromatic rings. The van der Waals surface area contributed by atoms with E-state index in [0.29, 0.717) is 38.2 Å². The SMILES string of the molecule is CCCCCc1ccc(C(=O)N2CCN(C(=O)CCN3CCc4sccc4C3c3cccc(F)c3)CC2C)cc1. The Morgan fingerprint density at radius 2 is 1.85 bits per heavy atom. The van der Waals surface area contributed by atoms with E-state index < -0.39 is 0 Å². The molecule has 2 aromatic carbocycles. The molecule has 1 aromatic heterocycles. The molecule has 0 spiro atoms. The molecule has 1 saturated heterocycles. The van der Waals surface area contributed by atoms with Crippen LogP contribution in [0, 0.1) is 5.82 Å². The van der Waals surface area contributed by atoms with Gasteiger partial charge in [-0.2, -0.15) is 0 Å². The van der Waals surface area contributed by atoms with Crippen LogP contribution >= 0.6 is 11.3 Å². The van der Waals surface area contributed by atoms with Crippen LogP contribution in [0.3, 0.4) is 0 Å². The van der Waals surface area contributed by atoms with Crippen molar-refractivity contribution in [1.82, 2.24) is 14.7 Å². The first-order valence-corrected chi connectivity index (χ1v) is 15.6. The summed E-state index contributed by atoms with van der Waals surface area (Å²) in [5.41, 5.74) is 4.15. The fourth-order valence-electron chi connectivity index (χ4n) is 6.12. The van der Waals surface area contributed by atoms with Gasteiger partial charge in [-0.3, -0.25) is 14.5 Å². The third kappa shape index (κ3) is 6.47. The van der Waals surface area contributed by atoms with Gasteiger partial charge in [-0.05, 0) is 78.6 Å². The van der Waals surface area contributed by atoms with Crippen molar-refractivity contribution < 1.29 is 14.0 Å². The maximum absolute atomic E-state index is 14.1. The second kappa shape index (κ2) is 13.1. The molecule has 0 bridgehead atoms. The van der Waals surface area contributed by atoms with Crippen molar-refractivity contribution >= 4 is 23.2 Å². The summed E-state index contributed by atoms with van der Waals surface area (Å²) in [7, 11) is 0. The Morgan fingerprint density at radius 3 is 2.60 bits per heavy atom. The molecule has 5 rings (SSSR count). The van der Waals surface area contributed by atoms with E-state index in [4.69, 9.17) is 0 Å². The number of thiophene rings is 1. The van der Waals surface area contributed by atoms with E-state index in [9.17, 15) is 14.0 Å². The first kappa shape index (κ1) is 28.5. The number of carbonyl (C=O) groups excluding carboxylic acids is 2. The molecule has 2 amide bonds. The molecule has 3 heterocycles. The Kier molecular flexibility index (Phi) is 9.33. The summed E-state index contributed by atoms with van der Waals surface area (Å²) in [6.45, 7) is 7.32. The molecule has 0 saturated carbocycles. The van der Waals surface area contributed by atoms with Gasteiger partial charge < -0.3 is 9.80 Å². The smallest absolute Gasteiger partial charge is 0.254 e. The number of hydrogen-bond donors (Lipinski definition) is 0. The number of nitrogens with zero attached hydrogens (tertiary/aromatic N) is 3. The molecular formula is C33H40FN3O2S. The minimum Gasteiger partial charge on any atom is -0.339 e. The van der Waals surface area contributed by atoms with Gasteiger partial charge in [0.05, 0.1) is 6.04 Å². The standard InChI is InChI=1S/C33H40FN3O2S/c1-3-4-5-7-25-10-12-26(13-11-25)33(39)37-20-19-36(23-24(37)2)31(38)15-18-35-17-14-30-29(16-21-40-30)32(35)27-8-6-9-28(34)22-27/h6,8-13,16,21-22,24,32H,3-5,7,14-15,17-20,23H2,1-2H3. The molecule has 0 radical (unpaired) electrons. The second-order valence-electron chi connectivity index (χ2n) is 11.1. The highest BCUT2D eigenvalue weighted by Crippen LogP contribution is 2.38. The molecule has 0 N–H and O–H groups in total. The predicted octanol–water partition coefficient (Wildman–Crippen LogP) is 6.33. The van der Waals surface area contributed by atoms with E-state index in [0.717, 1.165) is 24.9 Å². The minimum atomic E-state index is -0.236. The van der Waals surface area contributed by atoms with Crippen LogP contribution in [0.1, 0.15) is 77.5 Å². The van der Waals surface area contributed by atoms with Gasteiger partial charge in [0.15, 0.2) is 0 Å². The average Bonchev–Trinajstić information content (AvgIpc) is 3.44. The Morgan fingerprint density at radius 1 is 1.02 bits per heavy atom. The summed E-state index contributed by atoms with van der Waals surface area (Å²) in [5.74, 6) is -0.0813. The number of halogens is 1. The van der Waals surface area contributed by atoms with Crippen LogP contribution in [0.2, 0.25) is 0 Å². The summed E-state index contributed by atoms with van der Waals surface area (Å²) in [6.07, 6.45) is 6.01. The molecule has 2 aliphatic rings. The van der Waals surface area contributed by atoms with Gasteiger partial charge in [-0.25, -0.2) is 4.39 Å². The van der Waals surface area contributed by atoms with Crippen LogP contribution in [-0.2, 0) is 17.6 Å². The van der Waals surface area contributed by atoms with Crippen molar-refractivity contribution in [2.45, 2.75) is 64.5 Å². The Balaban J connectivity index is 1.17. The number of hydrogen-bond acceptors (Lipinski definition) is 4. The van der Waals surface area contributed by atoms with Crippen molar-refractivity contribution in [1.29, 1.82) is 0 Å². The van der Waals surface area contributed by atoms with E-state index in [1.54, 1.807) is 23.5 Å². The number of carbonyl (C=O) groups is 2. The molecule has 7 heteroatoms. The zero-order valence-corrected chi connectivity index (χ0v) is 24.5. The lowest BCUT2D eigenvalue weighted by Gasteiger charge is -2.41. The Bertz CT molecular complexity index is 1310. The van der Waals surface area contributed by atoms with Crippen LogP contribution in [0.15, 0.2) is 60.0 Å². The number of aryl methyl sites for hydroxylation is 1. The van der Waals surface area contributed by atoms with Gasteiger partial charge in [-0.1, -0.05) is 44.0 Å². The lowest BCUT2D eigenvalue weighted by Crippen LogP contribution is -2.55. The fourth-order valence-corrected chi connectivity index (χ4v) is 7.02. The Hall–Kier alpha value is -3.03. The molecule has 40 heavy (non-hydrogen) atoms. The lowest BCUT2D eigenvalue weighted by molar-refractivity contribution is -0.134. The molecule has 2 atom stereocenters. The Labute approximate surface area is 241 Å². The van der Waals surface area contributed by atoms with Crippen molar-refractivity contribution in [2.75, 3.05) is 32.7 Å². The molecule has 0 aliphatic carbocycles. The van der Waals surface area contributed by atoms with Gasteiger partial charge in [0.25, 0.3) is 5.91 Å². The molecule has 1 fully saturated rings. The molecule has 212 valence electrons. The van der Waals surface area contributed by atoms with Crippen molar-refractivity contribution in [3.8, 4) is 0 Å². The van der Waals surface area contributed by atoms with Gasteiger partial charge in [0, 0.05) is 55.6 Å². The highest BCUT2D eigenvalue weighted by atomic mass is 32.1. The number of unbranched alkanes of at least 4 members (excludes halogenated alkanes) is 2. The summed E-state index contributed by atoms with van der Waals surface area (Å²) in [5, 5.41) is 2.11. The van der Waals surface area contributed by atoms with E-state index in [1.165, 1.54) is 41.3 Å². The second-order valence-corrected chi connectivity index (χ2v) is 12.1. The van der Waals surface area contributed by atoms with Crippen molar-refractivity contribution in [3.05, 3.63) is 92.9 Å². The first-order valence-electron chi connectivity index (χ1n) is 14.7. The largest absolute Gasteiger partial charge is 0.339 e. The number of piperazine rings is 1. The van der Waals surface area contributed by atoms with E-state index in [1.807, 2.05) is 34.9 Å². The summed E-state index contributed by atoms with van der Waals surface area (Å²) < 4.78 is 14.1. The third-order valence-corrected chi connectivity index (χ3v) is 9.35. The summed E-state index contributed by atoms with van der Waals surface area (Å²) in [4.78, 5) is 34.0. The van der Waals surface area contributed by atoms with Gasteiger partial charge >= 0.3 is 0 Å². The normalized spacial score (nSPS) is 19.5. The van der Waals surface area contributed by atoms with E-state index in [-0.39, 0.29) is 29.7 Å². The highest BCUT2D eigenvalue weighted by Gasteiger charge is 2.33. The maximum atomic E-state index is 14.1. The summed E-state index contributed by atoms with van der Waals surface area (Å²) >= 11 is 1.75. The molecule has 5 nitrogen and oxygen atoms in total. The maximum Gasteiger partial charge on any atom is 0.254 e. The zero-order chi connectivity index (χ0) is 28.1. The van der Waals surface area contributed by atoms with Crippen LogP contribution in [0.4, 0.5) is 4.39 Å². The molecule has 2 aliphatic heterocycles. The number of fused-ring (bicyclic) bond motifs is 1. The summed E-state index contributed by atoms with van der Waals surface area (Å²) in [6, 6.07) is 16.9. The third-order valence-electron chi connectivity index (χ3n) is 8.35. The number of benzene rings is 2. The van der Waals surface area contributed by atoms with Crippen LogP contribution in [0.5, 0.6) is 0 Å². The highest BCUT2D eigenvalue weighted by molar-refractivity contribution is 7.10. The topological polar surface area (TPSA) is 43.9 Å². The quantitative estimate of drug-likeness (QED) is 0.287. The first-order chi connectivity index (χ1) is 19.4. The van der Waals surface area contributed by atoms with Gasteiger partial charge in [0.1, 0.15) is 5.82 Å². The zero-order valence-electron chi connectivity index (χ0n) is 23.7. The lowest BCUT2D eigenvalue weighted by atomic mass is 9.93. The van der Waals surface area contributed by atoms with Crippen molar-refractivity contribution in [3.63, 3.8) is 0 Å². The van der Waals surface area contributed by atoms with Crippen LogP contribution < -0.4 is 0 Å². The number of amides is 2. The van der Waals surface area contributed by atoms with Crippen LogP contribution in [-0.4, -0.2) is 65.3 Å². The van der Waals surface area contributed by atoms with Gasteiger partial charge in [-0.15, -0.1) is 11.3 Å². The monoisotopic (exact) mass is 561 g/mol. The predicted molar refractivity (Wildman–Crippen MR) is 159 cm³/mol. The average molecular weight is 562 g/mol. The molecule has 2 unspecified atom stereocenters. The van der Waals surface area contributed by atoms with Crippen molar-refractivity contribution in [2.24, 2.45) is 0 Å². The van der Waals surface area contributed by atoms with E-state index in [2.05, 4.69) is 35.4 Å².